The predicted octanol–water partition coefficient (Wildman–Crippen LogP) is 11.9. The lowest BCUT2D eigenvalue weighted by Gasteiger charge is -2.23. The predicted molar refractivity (Wildman–Crippen MR) is 199 cm³/mol. The average molecular weight is 652 g/mol. The summed E-state index contributed by atoms with van der Waals surface area (Å²) < 4.78 is 6.35. The highest BCUT2D eigenvalue weighted by Crippen LogP contribution is 2.15. The van der Waals surface area contributed by atoms with E-state index in [9.17, 15) is 9.90 Å². The fraction of sp³-hybridized carbons (Fsp3) is 0.900. The Hall–Kier alpha value is -0.540. The van der Waals surface area contributed by atoms with Gasteiger partial charge in [0.25, 0.3) is 0 Å². The summed E-state index contributed by atoms with van der Waals surface area (Å²) in [4.78, 5) is 12.2. The molecule has 0 fully saturated rings. The topological polar surface area (TPSA) is 49.4 Å². The van der Waals surface area contributed by atoms with Crippen molar-refractivity contribution in [3.05, 3.63) is 12.2 Å². The first-order chi connectivity index (χ1) is 21.8. The average Bonchev–Trinajstić information content (AvgIpc) is 3.00. The van der Waals surface area contributed by atoms with Gasteiger partial charge in [-0.05, 0) is 44.9 Å². The van der Waals surface area contributed by atoms with E-state index in [1.165, 1.54) is 148 Å². The molecular weight excluding hydrogens is 573 g/mol. The fourth-order valence-corrected chi connectivity index (χ4v) is 6.28. The third-order valence-electron chi connectivity index (χ3n) is 8.83. The van der Waals surface area contributed by atoms with Crippen molar-refractivity contribution in [1.29, 1.82) is 0 Å². The maximum Gasteiger partial charge on any atom is 0.132 e. The van der Waals surface area contributed by atoms with Gasteiger partial charge in [0.1, 0.15) is 18.9 Å². The van der Waals surface area contributed by atoms with E-state index in [1.54, 1.807) is 0 Å². The van der Waals surface area contributed by atoms with Crippen molar-refractivity contribution in [1.82, 2.24) is 0 Å². The third-order valence-corrected chi connectivity index (χ3v) is 9.57. The van der Waals surface area contributed by atoms with Gasteiger partial charge in [0.05, 0.1) is 21.1 Å². The summed E-state index contributed by atoms with van der Waals surface area (Å²) in [5.74, 6) is 0.501. The quantitative estimate of drug-likeness (QED) is 0.0293. The molecule has 45 heavy (non-hydrogen) atoms. The lowest BCUT2D eigenvalue weighted by Crippen LogP contribution is -2.37. The molecule has 0 aromatic carbocycles. The summed E-state index contributed by atoms with van der Waals surface area (Å²) >= 11 is 0. The Labute approximate surface area is 284 Å². The fourth-order valence-electron chi connectivity index (χ4n) is 5.72. The lowest BCUT2D eigenvalue weighted by molar-refractivity contribution is -0.870. The summed E-state index contributed by atoms with van der Waals surface area (Å²) in [6, 6.07) is 0. The molecule has 0 aliphatic carbocycles. The number of Topliss-reactive ketones (excluding diaryl/α,β-unsaturated/α-hetero) is 1. The van der Waals surface area contributed by atoms with Crippen LogP contribution in [-0.2, 0) is 9.32 Å². The summed E-state index contributed by atoms with van der Waals surface area (Å²) in [6.45, 7) is 3.86. The summed E-state index contributed by atoms with van der Waals surface area (Å²) in [7, 11) is 6.94. The third kappa shape index (κ3) is 39.6. The lowest BCUT2D eigenvalue weighted by atomic mass is 10.0. The largest absolute Gasteiger partial charge is 0.826 e. The number of ketones is 1. The second-order valence-corrected chi connectivity index (χ2v) is 15.6. The smallest absolute Gasteiger partial charge is 0.132 e. The zero-order valence-electron chi connectivity index (χ0n) is 30.9. The maximum atomic E-state index is 12.2. The van der Waals surface area contributed by atoms with Gasteiger partial charge in [0.2, 0.25) is 0 Å². The first-order valence-corrected chi connectivity index (χ1v) is 20.5. The van der Waals surface area contributed by atoms with Gasteiger partial charge >= 0.3 is 0 Å². The van der Waals surface area contributed by atoms with E-state index >= 15 is 0 Å². The van der Waals surface area contributed by atoms with Crippen LogP contribution in [0.1, 0.15) is 200 Å². The molecule has 0 aromatic rings. The van der Waals surface area contributed by atoms with Gasteiger partial charge in [-0.15, -0.1) is 5.48 Å². The SMILES string of the molecule is CCCCCCCCCCCCCCCCC(=O)CCCCCCCCC=CCCCCCCCC([O-])=POCC[N+](C)(C)C. The van der Waals surface area contributed by atoms with Gasteiger partial charge in [0.15, 0.2) is 0 Å². The van der Waals surface area contributed by atoms with Crippen LogP contribution in [-0.4, -0.2) is 50.0 Å². The number of hydrogen-bond donors (Lipinski definition) is 0. The summed E-state index contributed by atoms with van der Waals surface area (Å²) in [5.41, 5.74) is 0.222. The van der Waals surface area contributed by atoms with Crippen LogP contribution in [0.4, 0.5) is 0 Å². The number of quaternary nitrogens is 1. The summed E-state index contributed by atoms with van der Waals surface area (Å²) in [5, 5.41) is 11.9. The van der Waals surface area contributed by atoms with Crippen molar-refractivity contribution in [2.24, 2.45) is 0 Å². The van der Waals surface area contributed by atoms with E-state index in [1.807, 2.05) is 0 Å². The van der Waals surface area contributed by atoms with Crippen molar-refractivity contribution in [3.63, 3.8) is 0 Å². The standard InChI is InChI=1S/C40H78NO3P/c1-5-6-7-8-9-10-11-12-16-19-22-25-28-31-34-39(42)35-32-29-26-23-20-17-14-13-15-18-21-24-27-30-33-36-40(43)45-44-38-37-41(2,3)4/h13,15H,5-12,14,16-38H2,1-4H3. The van der Waals surface area contributed by atoms with Crippen molar-refractivity contribution >= 4 is 19.7 Å². The molecule has 0 heterocycles. The number of unbranched alkanes of at least 4 members (excludes halogenated alkanes) is 24. The Balaban J connectivity index is 3.30. The molecular formula is C40H78NO3P. The van der Waals surface area contributed by atoms with E-state index in [4.69, 9.17) is 4.52 Å². The van der Waals surface area contributed by atoms with Crippen LogP contribution < -0.4 is 5.11 Å². The number of hydrogen-bond acceptors (Lipinski definition) is 3. The zero-order valence-corrected chi connectivity index (χ0v) is 31.8. The van der Waals surface area contributed by atoms with Crippen LogP contribution in [0.15, 0.2) is 12.2 Å². The molecule has 0 bridgehead atoms. The minimum atomic E-state index is 0.222. The number of rotatable bonds is 36. The van der Waals surface area contributed by atoms with Crippen molar-refractivity contribution in [2.45, 2.75) is 200 Å². The first kappa shape index (κ1) is 44.5. The Morgan fingerprint density at radius 1 is 0.556 bits per heavy atom. The Morgan fingerprint density at radius 3 is 1.31 bits per heavy atom. The number of nitrogens with zero attached hydrogens (tertiary/aromatic N) is 1. The zero-order chi connectivity index (χ0) is 33.1. The molecule has 0 spiro atoms. The van der Waals surface area contributed by atoms with E-state index in [0.717, 1.165) is 49.6 Å². The maximum absolute atomic E-state index is 12.2. The molecule has 0 saturated carbocycles. The minimum Gasteiger partial charge on any atom is -0.826 e. The van der Waals surface area contributed by atoms with E-state index in [2.05, 4.69) is 40.2 Å². The first-order valence-electron chi connectivity index (χ1n) is 19.7. The van der Waals surface area contributed by atoms with Gasteiger partial charge in [-0.25, -0.2) is 0 Å². The minimum absolute atomic E-state index is 0.222. The number of allylic oxidation sites excluding steroid dienone is 2. The van der Waals surface area contributed by atoms with Crippen LogP contribution in [0, 0.1) is 0 Å². The molecule has 4 nitrogen and oxygen atoms in total. The molecule has 266 valence electrons. The number of carbonyl (C=O) groups excluding carboxylic acids is 1. The molecule has 5 heteroatoms. The van der Waals surface area contributed by atoms with Gasteiger partial charge < -0.3 is 14.1 Å². The van der Waals surface area contributed by atoms with Crippen LogP contribution >= 0.6 is 8.43 Å². The van der Waals surface area contributed by atoms with Crippen LogP contribution in [0.25, 0.3) is 0 Å². The van der Waals surface area contributed by atoms with Crippen LogP contribution in [0.3, 0.4) is 0 Å². The molecule has 0 atom stereocenters. The molecule has 0 rings (SSSR count). The Kier molecular flexibility index (Phi) is 34.4. The Bertz CT molecular complexity index is 686. The summed E-state index contributed by atoms with van der Waals surface area (Å²) in [6.07, 6.45) is 42.0. The van der Waals surface area contributed by atoms with E-state index in [0.29, 0.717) is 27.2 Å². The van der Waals surface area contributed by atoms with Crippen LogP contribution in [0.5, 0.6) is 0 Å². The number of likely N-dealkylation sites (N-methyl/N-ethyl adjacent to an activating group) is 1. The van der Waals surface area contributed by atoms with Crippen molar-refractivity contribution in [2.75, 3.05) is 34.3 Å². The second kappa shape index (κ2) is 34.8. The molecule has 0 aliphatic heterocycles. The second-order valence-electron chi connectivity index (χ2n) is 14.7. The van der Waals surface area contributed by atoms with Gasteiger partial charge in [0, 0.05) is 21.3 Å². The molecule has 0 aromatic heterocycles. The van der Waals surface area contributed by atoms with Crippen molar-refractivity contribution in [3.8, 4) is 0 Å². The number of carbonyl (C=O) groups is 1. The van der Waals surface area contributed by atoms with Gasteiger partial charge in [-0.1, -0.05) is 154 Å². The van der Waals surface area contributed by atoms with Gasteiger partial charge in [-0.2, -0.15) is 0 Å². The van der Waals surface area contributed by atoms with Gasteiger partial charge in [-0.3, -0.25) is 4.79 Å². The van der Waals surface area contributed by atoms with Crippen molar-refractivity contribution < 1.29 is 18.9 Å². The molecule has 0 aliphatic rings. The molecule has 0 amide bonds. The molecule has 0 N–H and O–H groups in total. The van der Waals surface area contributed by atoms with Crippen LogP contribution in [0.2, 0.25) is 0 Å². The Morgan fingerprint density at radius 2 is 0.911 bits per heavy atom. The van der Waals surface area contributed by atoms with E-state index < -0.39 is 0 Å². The highest BCUT2D eigenvalue weighted by atomic mass is 31.1. The highest BCUT2D eigenvalue weighted by Gasteiger charge is 2.05. The van der Waals surface area contributed by atoms with E-state index in [-0.39, 0.29) is 5.48 Å². The molecule has 0 saturated heterocycles. The molecule has 0 unspecified atom stereocenters. The monoisotopic (exact) mass is 652 g/mol. The molecule has 0 radical (unpaired) electrons. The normalized spacial score (nSPS) is 12.5. The highest BCUT2D eigenvalue weighted by molar-refractivity contribution is 7.34.